The number of carbonyl (C=O) groups is 1. The number of rotatable bonds is 4. The highest BCUT2D eigenvalue weighted by molar-refractivity contribution is 5.94. The maximum atomic E-state index is 12.5. The van der Waals surface area contributed by atoms with Crippen molar-refractivity contribution in [3.05, 3.63) is 77.9 Å². The molecule has 0 radical (unpaired) electrons. The van der Waals surface area contributed by atoms with Crippen LogP contribution in [0.5, 0.6) is 0 Å². The Labute approximate surface area is 135 Å². The minimum absolute atomic E-state index is 0.0288. The van der Waals surface area contributed by atoms with Crippen LogP contribution >= 0.6 is 0 Å². The van der Waals surface area contributed by atoms with E-state index < -0.39 is 0 Å². The van der Waals surface area contributed by atoms with Crippen molar-refractivity contribution in [3.63, 3.8) is 0 Å². The summed E-state index contributed by atoms with van der Waals surface area (Å²) in [5.74, 6) is -0.0288. The molecule has 1 aromatic carbocycles. The van der Waals surface area contributed by atoms with E-state index in [1.54, 1.807) is 29.0 Å². The van der Waals surface area contributed by atoms with Gasteiger partial charge in [0, 0.05) is 25.0 Å². The zero-order chi connectivity index (χ0) is 16.2. The van der Waals surface area contributed by atoms with Gasteiger partial charge in [0.1, 0.15) is 0 Å². The normalized spacial score (nSPS) is 10.5. The van der Waals surface area contributed by atoms with Gasteiger partial charge >= 0.3 is 0 Å². The predicted molar refractivity (Wildman–Crippen MR) is 88.3 cm³/mol. The summed E-state index contributed by atoms with van der Waals surface area (Å²) in [5, 5.41) is 4.26. The van der Waals surface area contributed by atoms with Crippen LogP contribution in [0, 0.1) is 6.92 Å². The van der Waals surface area contributed by atoms with Gasteiger partial charge in [-0.25, -0.2) is 4.68 Å². The molecule has 23 heavy (non-hydrogen) atoms. The number of hydrogen-bond donors (Lipinski definition) is 0. The highest BCUT2D eigenvalue weighted by atomic mass is 16.2. The summed E-state index contributed by atoms with van der Waals surface area (Å²) >= 11 is 0. The third kappa shape index (κ3) is 3.45. The molecule has 0 unspecified atom stereocenters. The molecule has 3 aromatic rings. The van der Waals surface area contributed by atoms with Crippen molar-refractivity contribution in [2.75, 3.05) is 7.05 Å². The van der Waals surface area contributed by atoms with Gasteiger partial charge in [-0.05, 0) is 48.9 Å². The number of aromatic nitrogens is 3. The van der Waals surface area contributed by atoms with Gasteiger partial charge in [0.2, 0.25) is 0 Å². The summed E-state index contributed by atoms with van der Waals surface area (Å²) in [7, 11) is 1.78. The number of nitrogens with zero attached hydrogens (tertiary/aromatic N) is 4. The summed E-state index contributed by atoms with van der Waals surface area (Å²) in [5.41, 5.74) is 3.55. The van der Waals surface area contributed by atoms with Gasteiger partial charge in [0.05, 0.1) is 24.1 Å². The first kappa shape index (κ1) is 15.0. The molecule has 5 nitrogen and oxygen atoms in total. The van der Waals surface area contributed by atoms with Gasteiger partial charge < -0.3 is 4.90 Å². The number of hydrogen-bond acceptors (Lipinski definition) is 3. The molecule has 0 aliphatic carbocycles. The molecule has 0 saturated carbocycles. The van der Waals surface area contributed by atoms with E-state index in [0.717, 1.165) is 16.9 Å². The molecule has 1 amide bonds. The molecule has 0 saturated heterocycles. The molecule has 0 fully saturated rings. The average Bonchev–Trinajstić information content (AvgIpc) is 3.02. The Balaban J connectivity index is 1.72. The first-order valence-corrected chi connectivity index (χ1v) is 7.40. The summed E-state index contributed by atoms with van der Waals surface area (Å²) in [4.78, 5) is 18.4. The minimum Gasteiger partial charge on any atom is -0.336 e. The zero-order valence-corrected chi connectivity index (χ0v) is 13.2. The lowest BCUT2D eigenvalue weighted by molar-refractivity contribution is 0.0783. The summed E-state index contributed by atoms with van der Waals surface area (Å²) < 4.78 is 1.79. The third-order valence-electron chi connectivity index (χ3n) is 3.56. The quantitative estimate of drug-likeness (QED) is 0.745. The maximum Gasteiger partial charge on any atom is 0.253 e. The van der Waals surface area contributed by atoms with Crippen LogP contribution in [0.1, 0.15) is 21.6 Å². The summed E-state index contributed by atoms with van der Waals surface area (Å²) in [6, 6.07) is 13.1. The first-order valence-electron chi connectivity index (χ1n) is 7.40. The largest absolute Gasteiger partial charge is 0.336 e. The fourth-order valence-electron chi connectivity index (χ4n) is 2.34. The third-order valence-corrected chi connectivity index (χ3v) is 3.56. The molecule has 5 heteroatoms. The minimum atomic E-state index is -0.0288. The Bertz CT molecular complexity index is 793. The second kappa shape index (κ2) is 6.44. The zero-order valence-electron chi connectivity index (χ0n) is 13.2. The second-order valence-corrected chi connectivity index (χ2v) is 5.49. The van der Waals surface area contributed by atoms with Crippen molar-refractivity contribution >= 4 is 5.91 Å². The van der Waals surface area contributed by atoms with Crippen molar-refractivity contribution in [2.45, 2.75) is 13.5 Å². The number of carbonyl (C=O) groups excluding carboxylic acids is 1. The van der Waals surface area contributed by atoms with E-state index in [2.05, 4.69) is 10.1 Å². The molecular formula is C18H18N4O. The van der Waals surface area contributed by atoms with Crippen LogP contribution in [0.4, 0.5) is 0 Å². The van der Waals surface area contributed by atoms with Crippen molar-refractivity contribution in [1.29, 1.82) is 0 Å². The number of pyridine rings is 1. The average molecular weight is 306 g/mol. The Morgan fingerprint density at radius 2 is 1.96 bits per heavy atom. The van der Waals surface area contributed by atoms with Crippen molar-refractivity contribution in [2.24, 2.45) is 0 Å². The van der Waals surface area contributed by atoms with Gasteiger partial charge in [0.25, 0.3) is 5.91 Å². The van der Waals surface area contributed by atoms with Crippen LogP contribution in [0.25, 0.3) is 5.69 Å². The number of amides is 1. The van der Waals surface area contributed by atoms with Crippen LogP contribution in [0.15, 0.2) is 61.1 Å². The smallest absolute Gasteiger partial charge is 0.253 e. The molecule has 0 N–H and O–H groups in total. The van der Waals surface area contributed by atoms with E-state index in [9.17, 15) is 4.79 Å². The van der Waals surface area contributed by atoms with Gasteiger partial charge in [-0.1, -0.05) is 6.07 Å². The van der Waals surface area contributed by atoms with Crippen LogP contribution in [0.2, 0.25) is 0 Å². The van der Waals surface area contributed by atoms with E-state index in [0.29, 0.717) is 12.1 Å². The number of benzene rings is 1. The molecule has 0 bridgehead atoms. The first-order chi connectivity index (χ1) is 11.1. The molecule has 0 aliphatic heterocycles. The van der Waals surface area contributed by atoms with Crippen LogP contribution in [-0.2, 0) is 6.54 Å². The Morgan fingerprint density at radius 3 is 2.57 bits per heavy atom. The lowest BCUT2D eigenvalue weighted by Crippen LogP contribution is -2.26. The summed E-state index contributed by atoms with van der Waals surface area (Å²) in [6.07, 6.45) is 5.48. The van der Waals surface area contributed by atoms with Gasteiger partial charge in [-0.3, -0.25) is 9.78 Å². The highest BCUT2D eigenvalue weighted by Crippen LogP contribution is 2.12. The van der Waals surface area contributed by atoms with Crippen molar-refractivity contribution in [3.8, 4) is 5.69 Å². The molecular weight excluding hydrogens is 288 g/mol. The lowest BCUT2D eigenvalue weighted by atomic mass is 10.2. The molecule has 2 aromatic heterocycles. The van der Waals surface area contributed by atoms with E-state index >= 15 is 0 Å². The molecule has 0 spiro atoms. The maximum absolute atomic E-state index is 12.5. The predicted octanol–water partition coefficient (Wildman–Crippen LogP) is 2.85. The molecule has 0 atom stereocenters. The monoisotopic (exact) mass is 306 g/mol. The van der Waals surface area contributed by atoms with E-state index in [-0.39, 0.29) is 5.91 Å². The fourth-order valence-corrected chi connectivity index (χ4v) is 2.34. The van der Waals surface area contributed by atoms with Crippen LogP contribution in [0.3, 0.4) is 0 Å². The Kier molecular flexibility index (Phi) is 4.19. The molecule has 0 aliphatic rings. The Hall–Kier alpha value is -2.95. The molecule has 3 rings (SSSR count). The molecule has 116 valence electrons. The standard InChI is InChI=1S/C18H18N4O/c1-14-11-20-22(12-14)17-8-6-15(7-9-17)18(23)21(2)13-16-5-3-4-10-19-16/h3-12H,13H2,1-2H3. The van der Waals surface area contributed by atoms with E-state index in [1.165, 1.54) is 0 Å². The van der Waals surface area contributed by atoms with Crippen LogP contribution < -0.4 is 0 Å². The van der Waals surface area contributed by atoms with Gasteiger partial charge in [0.15, 0.2) is 0 Å². The second-order valence-electron chi connectivity index (χ2n) is 5.49. The van der Waals surface area contributed by atoms with E-state index in [1.807, 2.05) is 55.6 Å². The van der Waals surface area contributed by atoms with Gasteiger partial charge in [-0.2, -0.15) is 5.10 Å². The fraction of sp³-hybridized carbons (Fsp3) is 0.167. The Morgan fingerprint density at radius 1 is 1.17 bits per heavy atom. The highest BCUT2D eigenvalue weighted by Gasteiger charge is 2.12. The SMILES string of the molecule is Cc1cnn(-c2ccc(C(=O)N(C)Cc3ccccn3)cc2)c1. The topological polar surface area (TPSA) is 51.0 Å². The van der Waals surface area contributed by atoms with Crippen LogP contribution in [-0.4, -0.2) is 32.6 Å². The van der Waals surface area contributed by atoms with Gasteiger partial charge in [-0.15, -0.1) is 0 Å². The summed E-state index contributed by atoms with van der Waals surface area (Å²) in [6.45, 7) is 2.48. The van der Waals surface area contributed by atoms with E-state index in [4.69, 9.17) is 0 Å². The molecule has 2 heterocycles. The lowest BCUT2D eigenvalue weighted by Gasteiger charge is -2.17. The van der Waals surface area contributed by atoms with Crippen molar-refractivity contribution in [1.82, 2.24) is 19.7 Å². The number of aryl methyl sites for hydroxylation is 1. The van der Waals surface area contributed by atoms with Crippen molar-refractivity contribution < 1.29 is 4.79 Å².